The third-order valence-electron chi connectivity index (χ3n) is 4.47. The third-order valence-corrected chi connectivity index (χ3v) is 4.72. The quantitative estimate of drug-likeness (QED) is 0.876. The summed E-state index contributed by atoms with van der Waals surface area (Å²) in [5.74, 6) is 0.857. The molecule has 1 amide bonds. The lowest BCUT2D eigenvalue weighted by atomic mass is 10.0. The Morgan fingerprint density at radius 2 is 2.10 bits per heavy atom. The third kappa shape index (κ3) is 3.15. The second kappa shape index (κ2) is 5.74. The summed E-state index contributed by atoms with van der Waals surface area (Å²) in [7, 11) is 0. The standard InChI is InChI=1S/C16H21ClN2O/c17-14-4-2-13(3-5-14)16(8-9-16)19-15(20)6-1-12-7-10-18-11-12/h2-5,12,18H,1,6-11H2,(H,19,20). The van der Waals surface area contributed by atoms with Gasteiger partial charge in [0.05, 0.1) is 5.54 Å². The van der Waals surface area contributed by atoms with Crippen molar-refractivity contribution in [2.24, 2.45) is 5.92 Å². The summed E-state index contributed by atoms with van der Waals surface area (Å²) < 4.78 is 0. The van der Waals surface area contributed by atoms with Crippen molar-refractivity contribution in [2.45, 2.75) is 37.6 Å². The number of hydrogen-bond donors (Lipinski definition) is 2. The maximum atomic E-state index is 12.1. The van der Waals surface area contributed by atoms with Crippen molar-refractivity contribution in [3.8, 4) is 0 Å². The van der Waals surface area contributed by atoms with Crippen LogP contribution in [0.5, 0.6) is 0 Å². The van der Waals surface area contributed by atoms with Gasteiger partial charge in [-0.3, -0.25) is 4.79 Å². The first kappa shape index (κ1) is 13.9. The van der Waals surface area contributed by atoms with Crippen LogP contribution >= 0.6 is 11.6 Å². The lowest BCUT2D eigenvalue weighted by Crippen LogP contribution is -2.35. The molecule has 2 N–H and O–H groups in total. The summed E-state index contributed by atoms with van der Waals surface area (Å²) in [5, 5.41) is 7.31. The Balaban J connectivity index is 1.53. The monoisotopic (exact) mass is 292 g/mol. The highest BCUT2D eigenvalue weighted by molar-refractivity contribution is 6.30. The zero-order chi connectivity index (χ0) is 14.0. The average molecular weight is 293 g/mol. The number of benzene rings is 1. The van der Waals surface area contributed by atoms with Gasteiger partial charge >= 0.3 is 0 Å². The molecule has 108 valence electrons. The molecule has 0 bridgehead atoms. The second-order valence-corrected chi connectivity index (χ2v) is 6.47. The SMILES string of the molecule is O=C(CCC1CCNC1)NC1(c2ccc(Cl)cc2)CC1. The molecule has 1 aromatic rings. The average Bonchev–Trinajstić information content (AvgIpc) is 3.03. The Morgan fingerprint density at radius 1 is 1.35 bits per heavy atom. The fourth-order valence-corrected chi connectivity index (χ4v) is 3.13. The van der Waals surface area contributed by atoms with Crippen LogP contribution in [0, 0.1) is 5.92 Å². The van der Waals surface area contributed by atoms with Crippen molar-refractivity contribution in [1.29, 1.82) is 0 Å². The van der Waals surface area contributed by atoms with Gasteiger partial charge in [-0.1, -0.05) is 23.7 Å². The molecule has 2 fully saturated rings. The summed E-state index contributed by atoms with van der Waals surface area (Å²) in [6.45, 7) is 2.16. The molecule has 1 atom stereocenters. The van der Waals surface area contributed by atoms with Crippen molar-refractivity contribution < 1.29 is 4.79 Å². The van der Waals surface area contributed by atoms with E-state index in [0.717, 1.165) is 37.4 Å². The van der Waals surface area contributed by atoms with Crippen LogP contribution in [-0.4, -0.2) is 19.0 Å². The van der Waals surface area contributed by atoms with E-state index in [-0.39, 0.29) is 11.4 Å². The van der Waals surface area contributed by atoms with Crippen LogP contribution in [-0.2, 0) is 10.3 Å². The first-order valence-corrected chi connectivity index (χ1v) is 7.83. The molecular weight excluding hydrogens is 272 g/mol. The van der Waals surface area contributed by atoms with Gasteiger partial charge in [-0.05, 0) is 62.4 Å². The zero-order valence-electron chi connectivity index (χ0n) is 11.6. The molecule has 1 unspecified atom stereocenters. The van der Waals surface area contributed by atoms with Crippen LogP contribution in [0.4, 0.5) is 0 Å². The van der Waals surface area contributed by atoms with Crippen molar-refractivity contribution in [3.63, 3.8) is 0 Å². The molecule has 1 heterocycles. The van der Waals surface area contributed by atoms with E-state index >= 15 is 0 Å². The van der Waals surface area contributed by atoms with Gasteiger partial charge in [-0.15, -0.1) is 0 Å². The molecule has 20 heavy (non-hydrogen) atoms. The molecule has 0 aromatic heterocycles. The number of carbonyl (C=O) groups excluding carboxylic acids is 1. The van der Waals surface area contributed by atoms with Gasteiger partial charge in [0, 0.05) is 11.4 Å². The lowest BCUT2D eigenvalue weighted by Gasteiger charge is -2.18. The fourth-order valence-electron chi connectivity index (χ4n) is 3.01. The Labute approximate surface area is 125 Å². The van der Waals surface area contributed by atoms with Crippen LogP contribution in [0.1, 0.15) is 37.7 Å². The highest BCUT2D eigenvalue weighted by Gasteiger charge is 2.45. The Kier molecular flexibility index (Phi) is 3.99. The Morgan fingerprint density at radius 3 is 2.70 bits per heavy atom. The van der Waals surface area contributed by atoms with Gasteiger partial charge < -0.3 is 10.6 Å². The first-order valence-electron chi connectivity index (χ1n) is 7.46. The summed E-state index contributed by atoms with van der Waals surface area (Å²) in [6.07, 6.45) is 4.91. The molecule has 3 nitrogen and oxygen atoms in total. The van der Waals surface area contributed by atoms with Gasteiger partial charge in [0.15, 0.2) is 0 Å². The predicted octanol–water partition coefficient (Wildman–Crippen LogP) is 2.84. The lowest BCUT2D eigenvalue weighted by molar-refractivity contribution is -0.122. The fraction of sp³-hybridized carbons (Fsp3) is 0.562. The topological polar surface area (TPSA) is 41.1 Å². The number of halogens is 1. The van der Waals surface area contributed by atoms with E-state index in [9.17, 15) is 4.79 Å². The van der Waals surface area contributed by atoms with Gasteiger partial charge in [-0.2, -0.15) is 0 Å². The van der Waals surface area contributed by atoms with Gasteiger partial charge in [0.1, 0.15) is 0 Å². The first-order chi connectivity index (χ1) is 9.68. The summed E-state index contributed by atoms with van der Waals surface area (Å²) >= 11 is 5.92. The highest BCUT2D eigenvalue weighted by atomic mass is 35.5. The maximum Gasteiger partial charge on any atom is 0.220 e. The smallest absolute Gasteiger partial charge is 0.220 e. The number of amides is 1. The summed E-state index contributed by atoms with van der Waals surface area (Å²) in [6, 6.07) is 7.84. The van der Waals surface area contributed by atoms with Crippen molar-refractivity contribution in [1.82, 2.24) is 10.6 Å². The minimum Gasteiger partial charge on any atom is -0.347 e. The largest absolute Gasteiger partial charge is 0.347 e. The van der Waals surface area contributed by atoms with E-state index in [1.54, 1.807) is 0 Å². The molecule has 1 saturated carbocycles. The molecule has 0 radical (unpaired) electrons. The van der Waals surface area contributed by atoms with Crippen LogP contribution in [0.25, 0.3) is 0 Å². The molecule has 3 rings (SSSR count). The minimum atomic E-state index is -0.115. The normalized spacial score (nSPS) is 23.6. The van der Waals surface area contributed by atoms with E-state index in [0.29, 0.717) is 12.3 Å². The second-order valence-electron chi connectivity index (χ2n) is 6.03. The van der Waals surface area contributed by atoms with Crippen LogP contribution in [0.3, 0.4) is 0 Å². The van der Waals surface area contributed by atoms with Crippen molar-refractivity contribution in [2.75, 3.05) is 13.1 Å². The van der Waals surface area contributed by atoms with Gasteiger partial charge in [-0.25, -0.2) is 0 Å². The molecular formula is C16H21ClN2O. The van der Waals surface area contributed by atoms with Crippen molar-refractivity contribution in [3.05, 3.63) is 34.9 Å². The van der Waals surface area contributed by atoms with Crippen LogP contribution in [0.2, 0.25) is 5.02 Å². The van der Waals surface area contributed by atoms with E-state index in [1.165, 1.54) is 12.0 Å². The van der Waals surface area contributed by atoms with E-state index in [2.05, 4.69) is 10.6 Å². The molecule has 0 spiro atoms. The van der Waals surface area contributed by atoms with E-state index < -0.39 is 0 Å². The molecule has 1 aliphatic carbocycles. The molecule has 1 saturated heterocycles. The van der Waals surface area contributed by atoms with E-state index in [1.807, 2.05) is 24.3 Å². The van der Waals surface area contributed by atoms with Gasteiger partial charge in [0.2, 0.25) is 5.91 Å². The van der Waals surface area contributed by atoms with Crippen molar-refractivity contribution >= 4 is 17.5 Å². The Hall–Kier alpha value is -1.06. The van der Waals surface area contributed by atoms with Gasteiger partial charge in [0.25, 0.3) is 0 Å². The number of hydrogen-bond acceptors (Lipinski definition) is 2. The highest BCUT2D eigenvalue weighted by Crippen LogP contribution is 2.45. The maximum absolute atomic E-state index is 12.1. The molecule has 2 aliphatic rings. The number of carbonyl (C=O) groups is 1. The molecule has 4 heteroatoms. The van der Waals surface area contributed by atoms with Crippen LogP contribution < -0.4 is 10.6 Å². The van der Waals surface area contributed by atoms with E-state index in [4.69, 9.17) is 11.6 Å². The predicted molar refractivity (Wildman–Crippen MR) is 80.7 cm³/mol. The minimum absolute atomic E-state index is 0.115. The molecule has 1 aliphatic heterocycles. The summed E-state index contributed by atoms with van der Waals surface area (Å²) in [4.78, 5) is 12.1. The van der Waals surface area contributed by atoms with Crippen LogP contribution in [0.15, 0.2) is 24.3 Å². The Bertz CT molecular complexity index is 476. The zero-order valence-corrected chi connectivity index (χ0v) is 12.4. The molecule has 1 aromatic carbocycles. The number of rotatable bonds is 5. The summed E-state index contributed by atoms with van der Waals surface area (Å²) in [5.41, 5.74) is 1.06. The number of nitrogens with one attached hydrogen (secondary N) is 2.